The van der Waals surface area contributed by atoms with Crippen molar-refractivity contribution in [3.63, 3.8) is 0 Å². The van der Waals surface area contributed by atoms with Crippen LogP contribution in [0.5, 0.6) is 0 Å². The Bertz CT molecular complexity index is 371. The van der Waals surface area contributed by atoms with Crippen molar-refractivity contribution in [1.29, 1.82) is 0 Å². The summed E-state index contributed by atoms with van der Waals surface area (Å²) in [5.41, 5.74) is 1.38. The largest absolute Gasteiger partial charge is 0.478 e. The first-order valence-corrected chi connectivity index (χ1v) is 4.77. The van der Waals surface area contributed by atoms with Crippen molar-refractivity contribution in [3.8, 4) is 0 Å². The van der Waals surface area contributed by atoms with Crippen LogP contribution in [0.4, 0.5) is 0 Å². The van der Waals surface area contributed by atoms with E-state index in [-0.39, 0.29) is 11.3 Å². The highest BCUT2D eigenvalue weighted by Crippen LogP contribution is 2.24. The Kier molecular flexibility index (Phi) is 3.06. The van der Waals surface area contributed by atoms with Crippen LogP contribution < -0.4 is 0 Å². The Hall–Kier alpha value is -1.16. The van der Waals surface area contributed by atoms with Gasteiger partial charge in [-0.15, -0.1) is 0 Å². The minimum Gasteiger partial charge on any atom is -0.478 e. The third-order valence-electron chi connectivity index (χ3n) is 2.00. The van der Waals surface area contributed by atoms with Crippen LogP contribution in [0.2, 0.25) is 0 Å². The number of carbonyl (C=O) groups is 2. The molecule has 0 aliphatic heterocycles. The van der Waals surface area contributed by atoms with E-state index in [1.807, 2.05) is 0 Å². The van der Waals surface area contributed by atoms with E-state index in [1.165, 1.54) is 19.1 Å². The summed E-state index contributed by atoms with van der Waals surface area (Å²) in [5, 5.41) is 8.80. The fraction of sp³-hybridized carbons (Fsp3) is 0.200. The first-order valence-electron chi connectivity index (χ1n) is 3.98. The summed E-state index contributed by atoms with van der Waals surface area (Å²) in [4.78, 5) is 21.9. The summed E-state index contributed by atoms with van der Waals surface area (Å²) in [6.45, 7) is 3.17. The van der Waals surface area contributed by atoms with Crippen LogP contribution in [0.1, 0.15) is 33.2 Å². The fourth-order valence-electron chi connectivity index (χ4n) is 1.23. The van der Waals surface area contributed by atoms with Crippen LogP contribution in [0.25, 0.3) is 0 Å². The highest BCUT2D eigenvalue weighted by atomic mass is 79.9. The summed E-state index contributed by atoms with van der Waals surface area (Å²) < 4.78 is 0.470. The van der Waals surface area contributed by atoms with Gasteiger partial charge in [0.2, 0.25) is 0 Å². The number of hydrogen-bond acceptors (Lipinski definition) is 2. The van der Waals surface area contributed by atoms with Gasteiger partial charge in [-0.2, -0.15) is 0 Å². The lowest BCUT2D eigenvalue weighted by atomic mass is 10.0. The van der Waals surface area contributed by atoms with Gasteiger partial charge in [0.05, 0.1) is 5.56 Å². The summed E-state index contributed by atoms with van der Waals surface area (Å²) >= 11 is 3.17. The molecule has 14 heavy (non-hydrogen) atoms. The molecule has 0 unspecified atom stereocenters. The number of ketones is 1. The summed E-state index contributed by atoms with van der Waals surface area (Å²) in [6.07, 6.45) is 0. The van der Waals surface area contributed by atoms with Crippen LogP contribution >= 0.6 is 15.9 Å². The van der Waals surface area contributed by atoms with E-state index < -0.39 is 5.97 Å². The summed E-state index contributed by atoms with van der Waals surface area (Å²) in [7, 11) is 0. The van der Waals surface area contributed by atoms with Gasteiger partial charge in [0.1, 0.15) is 0 Å². The van der Waals surface area contributed by atoms with Gasteiger partial charge in [0.25, 0.3) is 0 Å². The number of carbonyl (C=O) groups excluding carboxylic acids is 1. The zero-order valence-corrected chi connectivity index (χ0v) is 9.38. The van der Waals surface area contributed by atoms with E-state index in [0.717, 1.165) is 0 Å². The van der Waals surface area contributed by atoms with E-state index in [9.17, 15) is 9.59 Å². The molecule has 0 saturated heterocycles. The smallest absolute Gasteiger partial charge is 0.336 e. The molecular formula is C10H9BrO3. The molecule has 0 saturated carbocycles. The molecule has 0 heterocycles. The zero-order chi connectivity index (χ0) is 10.9. The van der Waals surface area contributed by atoms with Crippen LogP contribution in [0.15, 0.2) is 16.6 Å². The Balaban J connectivity index is 3.41. The molecule has 1 N–H and O–H groups in total. The third-order valence-corrected chi connectivity index (χ3v) is 3.02. The fourth-order valence-corrected chi connectivity index (χ4v) is 1.75. The van der Waals surface area contributed by atoms with Gasteiger partial charge < -0.3 is 5.11 Å². The van der Waals surface area contributed by atoms with Crippen molar-refractivity contribution in [2.45, 2.75) is 13.8 Å². The molecule has 0 atom stereocenters. The lowest BCUT2D eigenvalue weighted by molar-refractivity contribution is 0.0695. The highest BCUT2D eigenvalue weighted by Gasteiger charge is 2.14. The molecule has 1 aromatic rings. The summed E-state index contributed by atoms with van der Waals surface area (Å²) in [6, 6.07) is 2.96. The second-order valence-electron chi connectivity index (χ2n) is 2.96. The van der Waals surface area contributed by atoms with Crippen LogP contribution in [0, 0.1) is 6.92 Å². The van der Waals surface area contributed by atoms with Gasteiger partial charge >= 0.3 is 5.97 Å². The Morgan fingerprint density at radius 2 is 1.79 bits per heavy atom. The monoisotopic (exact) mass is 256 g/mol. The second-order valence-corrected chi connectivity index (χ2v) is 3.75. The molecule has 4 heteroatoms. The van der Waals surface area contributed by atoms with Crippen molar-refractivity contribution in [1.82, 2.24) is 0 Å². The lowest BCUT2D eigenvalue weighted by Gasteiger charge is -2.06. The predicted molar refractivity (Wildman–Crippen MR) is 55.8 cm³/mol. The Morgan fingerprint density at radius 3 is 2.21 bits per heavy atom. The number of carboxylic acid groups (broad SMARTS) is 1. The van der Waals surface area contributed by atoms with Gasteiger partial charge in [-0.3, -0.25) is 4.79 Å². The maximum absolute atomic E-state index is 11.1. The summed E-state index contributed by atoms with van der Waals surface area (Å²) in [5.74, 6) is -1.07. The second kappa shape index (κ2) is 3.92. The van der Waals surface area contributed by atoms with E-state index >= 15 is 0 Å². The Morgan fingerprint density at radius 1 is 1.29 bits per heavy atom. The number of rotatable bonds is 2. The highest BCUT2D eigenvalue weighted by molar-refractivity contribution is 9.10. The quantitative estimate of drug-likeness (QED) is 0.828. The number of Topliss-reactive ketones (excluding diaryl/α,β-unsaturated/α-hetero) is 1. The van der Waals surface area contributed by atoms with Gasteiger partial charge in [0, 0.05) is 10.0 Å². The lowest BCUT2D eigenvalue weighted by Crippen LogP contribution is -2.03. The molecule has 0 aromatic heterocycles. The van der Waals surface area contributed by atoms with Crippen molar-refractivity contribution in [2.75, 3.05) is 0 Å². The molecule has 0 aliphatic carbocycles. The molecule has 0 fully saturated rings. The van der Waals surface area contributed by atoms with Crippen molar-refractivity contribution < 1.29 is 14.7 Å². The average Bonchev–Trinajstić information content (AvgIpc) is 2.08. The molecule has 0 bridgehead atoms. The molecule has 1 rings (SSSR count). The first kappa shape index (κ1) is 10.9. The van der Waals surface area contributed by atoms with Crippen molar-refractivity contribution in [2.24, 2.45) is 0 Å². The van der Waals surface area contributed by atoms with E-state index in [1.54, 1.807) is 6.92 Å². The number of aromatic carboxylic acids is 1. The third kappa shape index (κ3) is 1.85. The standard InChI is InChI=1S/C10H9BrO3/c1-5-7(6(2)12)3-4-8(9(5)11)10(13)14/h3-4H,1-2H3,(H,13,14). The van der Waals surface area contributed by atoms with Gasteiger partial charge in [-0.25, -0.2) is 4.79 Å². The number of hydrogen-bond donors (Lipinski definition) is 1. The molecule has 0 spiro atoms. The number of halogens is 1. The predicted octanol–water partition coefficient (Wildman–Crippen LogP) is 2.66. The van der Waals surface area contributed by atoms with E-state index in [2.05, 4.69) is 15.9 Å². The molecule has 0 aliphatic rings. The maximum atomic E-state index is 11.1. The van der Waals surface area contributed by atoms with Crippen LogP contribution in [-0.4, -0.2) is 16.9 Å². The molecule has 3 nitrogen and oxygen atoms in total. The molecule has 1 aromatic carbocycles. The van der Waals surface area contributed by atoms with Crippen LogP contribution in [0.3, 0.4) is 0 Å². The van der Waals surface area contributed by atoms with Crippen molar-refractivity contribution >= 4 is 27.7 Å². The number of carboxylic acids is 1. The first-order chi connectivity index (χ1) is 6.45. The van der Waals surface area contributed by atoms with Gasteiger partial charge in [-0.05, 0) is 41.4 Å². The average molecular weight is 257 g/mol. The Labute approximate surface area is 89.9 Å². The molecule has 74 valence electrons. The van der Waals surface area contributed by atoms with Gasteiger partial charge in [-0.1, -0.05) is 6.07 Å². The molecule has 0 radical (unpaired) electrons. The number of benzene rings is 1. The minimum absolute atomic E-state index is 0.0693. The van der Waals surface area contributed by atoms with E-state index in [0.29, 0.717) is 15.6 Å². The zero-order valence-electron chi connectivity index (χ0n) is 7.80. The SMILES string of the molecule is CC(=O)c1ccc(C(=O)O)c(Br)c1C. The molecule has 0 amide bonds. The van der Waals surface area contributed by atoms with Crippen molar-refractivity contribution in [3.05, 3.63) is 33.3 Å². The topological polar surface area (TPSA) is 54.4 Å². The minimum atomic E-state index is -1.00. The van der Waals surface area contributed by atoms with E-state index in [4.69, 9.17) is 5.11 Å². The van der Waals surface area contributed by atoms with Gasteiger partial charge in [0.15, 0.2) is 5.78 Å². The molecular weight excluding hydrogens is 248 g/mol. The van der Waals surface area contributed by atoms with Crippen LogP contribution in [-0.2, 0) is 0 Å². The maximum Gasteiger partial charge on any atom is 0.336 e. The normalized spacial score (nSPS) is 9.93.